The summed E-state index contributed by atoms with van der Waals surface area (Å²) in [5, 5.41) is 0.161. The number of hydrogen-bond donors (Lipinski definition) is 0. The zero-order chi connectivity index (χ0) is 13.1. The summed E-state index contributed by atoms with van der Waals surface area (Å²) >= 11 is 5.89. The molecule has 1 aromatic rings. The van der Waals surface area contributed by atoms with Crippen LogP contribution in [0.1, 0.15) is 23.2 Å². The van der Waals surface area contributed by atoms with Crippen LogP contribution >= 0.6 is 11.6 Å². The van der Waals surface area contributed by atoms with Crippen LogP contribution in [0.5, 0.6) is 0 Å². The summed E-state index contributed by atoms with van der Waals surface area (Å²) in [4.78, 5) is 13.8. The van der Waals surface area contributed by atoms with Gasteiger partial charge in [-0.1, -0.05) is 17.7 Å². The topological polar surface area (TPSA) is 29.5 Å². The average molecular weight is 272 g/mol. The van der Waals surface area contributed by atoms with Gasteiger partial charge in [0.2, 0.25) is 0 Å². The molecule has 1 heterocycles. The number of piperidine rings is 1. The molecule has 1 amide bonds. The third kappa shape index (κ3) is 2.65. The summed E-state index contributed by atoms with van der Waals surface area (Å²) in [6.07, 6.45) is 1.73. The third-order valence-electron chi connectivity index (χ3n) is 3.24. The molecule has 1 aliphatic heterocycles. The second-order valence-electron chi connectivity index (χ2n) is 4.32. The van der Waals surface area contributed by atoms with Gasteiger partial charge in [-0.25, -0.2) is 4.39 Å². The Bertz CT molecular complexity index is 424. The van der Waals surface area contributed by atoms with Gasteiger partial charge in [-0.3, -0.25) is 4.79 Å². The van der Waals surface area contributed by atoms with Crippen molar-refractivity contribution < 1.29 is 13.9 Å². The Labute approximate surface area is 110 Å². The van der Waals surface area contributed by atoms with Gasteiger partial charge in [-0.15, -0.1) is 0 Å². The predicted octanol–water partition coefficient (Wildman–Crippen LogP) is 2.73. The second kappa shape index (κ2) is 5.67. The van der Waals surface area contributed by atoms with E-state index in [-0.39, 0.29) is 22.6 Å². The van der Waals surface area contributed by atoms with E-state index in [9.17, 15) is 9.18 Å². The van der Waals surface area contributed by atoms with Crippen LogP contribution in [0.2, 0.25) is 5.02 Å². The van der Waals surface area contributed by atoms with Gasteiger partial charge in [0.1, 0.15) is 5.82 Å². The summed E-state index contributed by atoms with van der Waals surface area (Å²) in [6.45, 7) is 1.14. The molecule has 0 aromatic heterocycles. The molecule has 2 rings (SSSR count). The van der Waals surface area contributed by atoms with Crippen LogP contribution in [0.3, 0.4) is 0 Å². The SMILES string of the molecule is COC1CCN(C(=O)c2c(F)cccc2Cl)CC1. The number of halogens is 2. The van der Waals surface area contributed by atoms with E-state index in [1.807, 2.05) is 0 Å². The van der Waals surface area contributed by atoms with E-state index in [1.54, 1.807) is 12.0 Å². The fourth-order valence-electron chi connectivity index (χ4n) is 2.15. The molecule has 1 saturated heterocycles. The Morgan fingerprint density at radius 1 is 1.44 bits per heavy atom. The number of carbonyl (C=O) groups is 1. The van der Waals surface area contributed by atoms with Crippen LogP contribution in [-0.2, 0) is 4.74 Å². The maximum absolute atomic E-state index is 13.6. The normalized spacial score (nSPS) is 16.9. The van der Waals surface area contributed by atoms with Crippen molar-refractivity contribution in [3.05, 3.63) is 34.6 Å². The third-order valence-corrected chi connectivity index (χ3v) is 3.55. The molecule has 1 fully saturated rings. The van der Waals surface area contributed by atoms with Crippen LogP contribution < -0.4 is 0 Å². The van der Waals surface area contributed by atoms with Gasteiger partial charge in [0, 0.05) is 20.2 Å². The highest BCUT2D eigenvalue weighted by molar-refractivity contribution is 6.33. The van der Waals surface area contributed by atoms with Crippen LogP contribution in [0.15, 0.2) is 18.2 Å². The Hall–Kier alpha value is -1.13. The van der Waals surface area contributed by atoms with Gasteiger partial charge in [0.15, 0.2) is 0 Å². The van der Waals surface area contributed by atoms with Gasteiger partial charge in [-0.2, -0.15) is 0 Å². The van der Waals surface area contributed by atoms with Gasteiger partial charge in [0.25, 0.3) is 5.91 Å². The second-order valence-corrected chi connectivity index (χ2v) is 4.73. The maximum atomic E-state index is 13.6. The van der Waals surface area contributed by atoms with Crippen molar-refractivity contribution >= 4 is 17.5 Å². The van der Waals surface area contributed by atoms with Gasteiger partial charge in [-0.05, 0) is 25.0 Å². The molecule has 5 heteroatoms. The summed E-state index contributed by atoms with van der Waals surface area (Å²) in [5.41, 5.74) is -0.0324. The number of carbonyl (C=O) groups excluding carboxylic acids is 1. The summed E-state index contributed by atoms with van der Waals surface area (Å²) in [6, 6.07) is 4.27. The van der Waals surface area contributed by atoms with Gasteiger partial charge < -0.3 is 9.64 Å². The van der Waals surface area contributed by atoms with Crippen molar-refractivity contribution in [3.63, 3.8) is 0 Å². The minimum Gasteiger partial charge on any atom is -0.381 e. The molecule has 0 bridgehead atoms. The van der Waals surface area contributed by atoms with E-state index in [2.05, 4.69) is 0 Å². The maximum Gasteiger partial charge on any atom is 0.258 e. The molecule has 0 atom stereocenters. The first-order chi connectivity index (χ1) is 8.63. The molecule has 98 valence electrons. The van der Waals surface area contributed by atoms with Gasteiger partial charge in [0.05, 0.1) is 16.7 Å². The number of methoxy groups -OCH3 is 1. The summed E-state index contributed by atoms with van der Waals surface area (Å²) in [5.74, 6) is -0.908. The molecule has 0 spiro atoms. The molecule has 0 saturated carbocycles. The van der Waals surface area contributed by atoms with Crippen LogP contribution in [0.25, 0.3) is 0 Å². The predicted molar refractivity (Wildman–Crippen MR) is 67.3 cm³/mol. The Morgan fingerprint density at radius 3 is 2.67 bits per heavy atom. The molecular formula is C13H15ClFNO2. The van der Waals surface area contributed by atoms with Crippen molar-refractivity contribution in [2.75, 3.05) is 20.2 Å². The van der Waals surface area contributed by atoms with E-state index in [4.69, 9.17) is 16.3 Å². The highest BCUT2D eigenvalue weighted by Gasteiger charge is 2.26. The lowest BCUT2D eigenvalue weighted by Crippen LogP contribution is -2.41. The van der Waals surface area contributed by atoms with Crippen LogP contribution in [0, 0.1) is 5.82 Å². The van der Waals surface area contributed by atoms with Crippen molar-refractivity contribution in [1.29, 1.82) is 0 Å². The molecule has 0 radical (unpaired) electrons. The zero-order valence-electron chi connectivity index (χ0n) is 10.2. The minimum absolute atomic E-state index is 0.0324. The van der Waals surface area contributed by atoms with Crippen LogP contribution in [-0.4, -0.2) is 37.1 Å². The smallest absolute Gasteiger partial charge is 0.258 e. The molecule has 3 nitrogen and oxygen atoms in total. The quantitative estimate of drug-likeness (QED) is 0.828. The minimum atomic E-state index is -0.568. The lowest BCUT2D eigenvalue weighted by Gasteiger charge is -2.31. The van der Waals surface area contributed by atoms with Crippen molar-refractivity contribution in [1.82, 2.24) is 4.90 Å². The standard InChI is InChI=1S/C13H15ClFNO2/c1-18-9-5-7-16(8-6-9)13(17)12-10(14)3-2-4-11(12)15/h2-4,9H,5-8H2,1H3. The zero-order valence-corrected chi connectivity index (χ0v) is 10.9. The van der Waals surface area contributed by atoms with E-state index in [0.717, 1.165) is 12.8 Å². The summed E-state index contributed by atoms with van der Waals surface area (Å²) in [7, 11) is 1.66. The van der Waals surface area contributed by atoms with E-state index in [1.165, 1.54) is 18.2 Å². The average Bonchev–Trinajstić information content (AvgIpc) is 2.38. The van der Waals surface area contributed by atoms with E-state index >= 15 is 0 Å². The number of nitrogens with zero attached hydrogens (tertiary/aromatic N) is 1. The lowest BCUT2D eigenvalue weighted by atomic mass is 10.1. The molecule has 0 unspecified atom stereocenters. The highest BCUT2D eigenvalue weighted by atomic mass is 35.5. The first-order valence-electron chi connectivity index (χ1n) is 5.89. The first-order valence-corrected chi connectivity index (χ1v) is 6.27. The highest BCUT2D eigenvalue weighted by Crippen LogP contribution is 2.23. The first kappa shape index (κ1) is 13.3. The Morgan fingerprint density at radius 2 is 2.11 bits per heavy atom. The number of amides is 1. The molecule has 1 aromatic carbocycles. The van der Waals surface area contributed by atoms with E-state index in [0.29, 0.717) is 13.1 Å². The fraction of sp³-hybridized carbons (Fsp3) is 0.462. The molecule has 0 N–H and O–H groups in total. The molecule has 0 aliphatic carbocycles. The van der Waals surface area contributed by atoms with Crippen molar-refractivity contribution in [2.24, 2.45) is 0 Å². The monoisotopic (exact) mass is 271 g/mol. The largest absolute Gasteiger partial charge is 0.381 e. The molecular weight excluding hydrogens is 257 g/mol. The van der Waals surface area contributed by atoms with Crippen molar-refractivity contribution in [3.8, 4) is 0 Å². The van der Waals surface area contributed by atoms with Crippen LogP contribution in [0.4, 0.5) is 4.39 Å². The molecule has 18 heavy (non-hydrogen) atoms. The Balaban J connectivity index is 2.13. The number of likely N-dealkylation sites (tertiary alicyclic amines) is 1. The number of hydrogen-bond acceptors (Lipinski definition) is 2. The Kier molecular flexibility index (Phi) is 4.19. The molecule has 1 aliphatic rings. The number of rotatable bonds is 2. The number of benzene rings is 1. The fourth-order valence-corrected chi connectivity index (χ4v) is 2.40. The van der Waals surface area contributed by atoms with Crippen molar-refractivity contribution in [2.45, 2.75) is 18.9 Å². The summed E-state index contributed by atoms with van der Waals surface area (Å²) < 4.78 is 18.9. The number of ether oxygens (including phenoxy) is 1. The van der Waals surface area contributed by atoms with E-state index < -0.39 is 5.82 Å². The van der Waals surface area contributed by atoms with Gasteiger partial charge >= 0.3 is 0 Å². The lowest BCUT2D eigenvalue weighted by molar-refractivity contribution is 0.0348.